The summed E-state index contributed by atoms with van der Waals surface area (Å²) in [5, 5.41) is 11.5. The third-order valence-corrected chi connectivity index (χ3v) is 3.54. The maximum Gasteiger partial charge on any atom is 0.416 e. The van der Waals surface area contributed by atoms with Crippen molar-refractivity contribution in [2.75, 3.05) is 6.61 Å². The van der Waals surface area contributed by atoms with Crippen LogP contribution in [0.1, 0.15) is 35.7 Å². The summed E-state index contributed by atoms with van der Waals surface area (Å²) in [4.78, 5) is 12.0. The van der Waals surface area contributed by atoms with Gasteiger partial charge >= 0.3 is 6.18 Å². The Kier molecular flexibility index (Phi) is 6.01. The minimum absolute atomic E-state index is 0.0729. The first-order chi connectivity index (χ1) is 9.29. The molecule has 20 heavy (non-hydrogen) atoms. The van der Waals surface area contributed by atoms with Crippen molar-refractivity contribution in [2.45, 2.75) is 32.0 Å². The predicted molar refractivity (Wildman–Crippen MR) is 72.4 cm³/mol. The Morgan fingerprint density at radius 1 is 1.45 bits per heavy atom. The molecule has 112 valence electrons. The Labute approximate surface area is 123 Å². The molecule has 7 heteroatoms. The second-order valence-corrected chi connectivity index (χ2v) is 5.14. The molecule has 1 rings (SSSR count). The molecule has 0 aliphatic rings. The van der Waals surface area contributed by atoms with Crippen LogP contribution in [0.15, 0.2) is 22.7 Å². The Bertz CT molecular complexity index is 477. The van der Waals surface area contributed by atoms with Gasteiger partial charge in [-0.3, -0.25) is 4.79 Å². The number of rotatable bonds is 5. The molecule has 0 bridgehead atoms. The van der Waals surface area contributed by atoms with Crippen molar-refractivity contribution < 1.29 is 23.1 Å². The van der Waals surface area contributed by atoms with Crippen LogP contribution in [0.25, 0.3) is 0 Å². The molecule has 0 fully saturated rings. The molecule has 1 aromatic rings. The highest BCUT2D eigenvalue weighted by atomic mass is 79.9. The molecule has 0 saturated carbocycles. The number of hydrogen-bond donors (Lipinski definition) is 2. The lowest BCUT2D eigenvalue weighted by molar-refractivity contribution is -0.137. The normalized spacial score (nSPS) is 13.1. The van der Waals surface area contributed by atoms with E-state index in [2.05, 4.69) is 21.2 Å². The number of nitrogens with one attached hydrogen (secondary N) is 1. The maximum atomic E-state index is 12.6. The average molecular weight is 354 g/mol. The Balaban J connectivity index is 2.97. The largest absolute Gasteiger partial charge is 0.416 e. The third kappa shape index (κ3) is 4.49. The smallest absolute Gasteiger partial charge is 0.396 e. The van der Waals surface area contributed by atoms with Gasteiger partial charge in [-0.1, -0.05) is 6.92 Å². The lowest BCUT2D eigenvalue weighted by atomic mass is 10.1. The van der Waals surface area contributed by atoms with Crippen molar-refractivity contribution >= 4 is 21.8 Å². The number of aliphatic hydroxyl groups is 1. The van der Waals surface area contributed by atoms with Crippen LogP contribution in [0.5, 0.6) is 0 Å². The summed E-state index contributed by atoms with van der Waals surface area (Å²) in [6, 6.07) is 2.65. The average Bonchev–Trinajstić information content (AvgIpc) is 2.37. The molecule has 0 aromatic heterocycles. The zero-order chi connectivity index (χ0) is 15.3. The van der Waals surface area contributed by atoms with E-state index < -0.39 is 17.6 Å². The van der Waals surface area contributed by atoms with E-state index in [1.54, 1.807) is 0 Å². The number of halogens is 4. The van der Waals surface area contributed by atoms with E-state index in [-0.39, 0.29) is 18.2 Å². The minimum atomic E-state index is -4.50. The summed E-state index contributed by atoms with van der Waals surface area (Å²) in [5.74, 6) is -0.594. The van der Waals surface area contributed by atoms with Crippen LogP contribution in [0, 0.1) is 0 Å². The number of carbonyl (C=O) groups is 1. The standard InChI is InChI=1S/C13H15BrF3NO2/c1-2-9(5-6-19)18-12(20)10-7-8(13(15,16)17)3-4-11(10)14/h3-4,7,9,19H,2,5-6H2,1H3,(H,18,20). The zero-order valence-corrected chi connectivity index (χ0v) is 12.4. The highest BCUT2D eigenvalue weighted by molar-refractivity contribution is 9.10. The second kappa shape index (κ2) is 7.08. The molecular formula is C13H15BrF3NO2. The van der Waals surface area contributed by atoms with E-state index in [9.17, 15) is 18.0 Å². The fourth-order valence-electron chi connectivity index (χ4n) is 1.67. The van der Waals surface area contributed by atoms with Gasteiger partial charge in [0, 0.05) is 17.1 Å². The van der Waals surface area contributed by atoms with Gasteiger partial charge in [0.1, 0.15) is 0 Å². The first-order valence-electron chi connectivity index (χ1n) is 6.08. The summed E-state index contributed by atoms with van der Waals surface area (Å²) < 4.78 is 38.2. The molecule has 3 nitrogen and oxygen atoms in total. The van der Waals surface area contributed by atoms with Gasteiger partial charge in [0.15, 0.2) is 0 Å². The topological polar surface area (TPSA) is 49.3 Å². The van der Waals surface area contributed by atoms with Crippen LogP contribution in [-0.2, 0) is 6.18 Å². The first-order valence-corrected chi connectivity index (χ1v) is 6.87. The van der Waals surface area contributed by atoms with E-state index >= 15 is 0 Å². The maximum absolute atomic E-state index is 12.6. The summed E-state index contributed by atoms with van der Waals surface area (Å²) in [6.07, 6.45) is -3.55. The number of amides is 1. The van der Waals surface area contributed by atoms with Crippen molar-refractivity contribution in [3.63, 3.8) is 0 Å². The molecule has 0 aliphatic heterocycles. The van der Waals surface area contributed by atoms with Gasteiger partial charge < -0.3 is 10.4 Å². The Hall–Kier alpha value is -1.08. The molecule has 0 radical (unpaired) electrons. The molecule has 0 spiro atoms. The van der Waals surface area contributed by atoms with Crippen molar-refractivity contribution in [3.05, 3.63) is 33.8 Å². The van der Waals surface area contributed by atoms with Gasteiger partial charge in [-0.15, -0.1) is 0 Å². The molecule has 1 aromatic carbocycles. The van der Waals surface area contributed by atoms with Gasteiger partial charge in [0.2, 0.25) is 0 Å². The lowest BCUT2D eigenvalue weighted by Crippen LogP contribution is -2.35. The van der Waals surface area contributed by atoms with Gasteiger partial charge in [-0.05, 0) is 47.0 Å². The van der Waals surface area contributed by atoms with Gasteiger partial charge in [-0.25, -0.2) is 0 Å². The van der Waals surface area contributed by atoms with E-state index in [1.165, 1.54) is 6.07 Å². The Morgan fingerprint density at radius 2 is 2.10 bits per heavy atom. The lowest BCUT2D eigenvalue weighted by Gasteiger charge is -2.17. The number of alkyl halides is 3. The monoisotopic (exact) mass is 353 g/mol. The van der Waals surface area contributed by atoms with Gasteiger partial charge in [0.25, 0.3) is 5.91 Å². The van der Waals surface area contributed by atoms with Crippen LogP contribution >= 0.6 is 15.9 Å². The van der Waals surface area contributed by atoms with Crippen LogP contribution in [0.3, 0.4) is 0 Å². The second-order valence-electron chi connectivity index (χ2n) is 4.28. The van der Waals surface area contributed by atoms with Crippen molar-refractivity contribution in [3.8, 4) is 0 Å². The summed E-state index contributed by atoms with van der Waals surface area (Å²) in [5.41, 5.74) is -0.947. The van der Waals surface area contributed by atoms with Gasteiger partial charge in [0.05, 0.1) is 11.1 Å². The van der Waals surface area contributed by atoms with Crippen molar-refractivity contribution in [1.29, 1.82) is 0 Å². The summed E-state index contributed by atoms with van der Waals surface area (Å²) in [7, 11) is 0. The van der Waals surface area contributed by atoms with E-state index in [4.69, 9.17) is 5.11 Å². The van der Waals surface area contributed by atoms with Crippen molar-refractivity contribution in [1.82, 2.24) is 5.32 Å². The minimum Gasteiger partial charge on any atom is -0.396 e. The molecule has 2 N–H and O–H groups in total. The zero-order valence-electron chi connectivity index (χ0n) is 10.8. The first kappa shape index (κ1) is 17.0. The van der Waals surface area contributed by atoms with Crippen LogP contribution < -0.4 is 5.32 Å². The number of hydrogen-bond acceptors (Lipinski definition) is 2. The molecular weight excluding hydrogens is 339 g/mol. The highest BCUT2D eigenvalue weighted by Crippen LogP contribution is 2.31. The predicted octanol–water partition coefficient (Wildman–Crippen LogP) is 3.36. The van der Waals surface area contributed by atoms with Crippen LogP contribution in [-0.4, -0.2) is 23.7 Å². The number of benzene rings is 1. The fourth-order valence-corrected chi connectivity index (χ4v) is 2.10. The fraction of sp³-hybridized carbons (Fsp3) is 0.462. The molecule has 0 aliphatic carbocycles. The van der Waals surface area contributed by atoms with Crippen LogP contribution in [0.2, 0.25) is 0 Å². The number of aliphatic hydroxyl groups excluding tert-OH is 1. The molecule has 1 amide bonds. The summed E-state index contributed by atoms with van der Waals surface area (Å²) >= 11 is 3.07. The molecule has 0 heterocycles. The van der Waals surface area contributed by atoms with E-state index in [0.29, 0.717) is 17.3 Å². The molecule has 0 saturated heterocycles. The van der Waals surface area contributed by atoms with Crippen molar-refractivity contribution in [2.24, 2.45) is 0 Å². The molecule has 1 unspecified atom stereocenters. The van der Waals surface area contributed by atoms with E-state index in [1.807, 2.05) is 6.92 Å². The third-order valence-electron chi connectivity index (χ3n) is 2.84. The highest BCUT2D eigenvalue weighted by Gasteiger charge is 2.31. The van der Waals surface area contributed by atoms with Crippen LogP contribution in [0.4, 0.5) is 13.2 Å². The number of carbonyl (C=O) groups excluding carboxylic acids is 1. The quantitative estimate of drug-likeness (QED) is 0.852. The summed E-state index contributed by atoms with van der Waals surface area (Å²) in [6.45, 7) is 1.73. The van der Waals surface area contributed by atoms with Gasteiger partial charge in [-0.2, -0.15) is 13.2 Å². The molecule has 1 atom stereocenters. The van der Waals surface area contributed by atoms with E-state index in [0.717, 1.165) is 12.1 Å². The Morgan fingerprint density at radius 3 is 2.60 bits per heavy atom. The SMILES string of the molecule is CCC(CCO)NC(=O)c1cc(C(F)(F)F)ccc1Br.